The summed E-state index contributed by atoms with van der Waals surface area (Å²) in [6, 6.07) is 2.78. The summed E-state index contributed by atoms with van der Waals surface area (Å²) < 4.78 is 5.31. The molecule has 0 aromatic carbocycles. The van der Waals surface area contributed by atoms with Crippen molar-refractivity contribution in [2.75, 3.05) is 0 Å². The topological polar surface area (TPSA) is 38.1 Å². The lowest BCUT2D eigenvalue weighted by Crippen LogP contribution is -2.24. The SMILES string of the molecule is CC(C)Cc1cc(CNC2CCCC2)on1. The highest BCUT2D eigenvalue weighted by molar-refractivity contribution is 5.05. The van der Waals surface area contributed by atoms with Crippen molar-refractivity contribution in [3.63, 3.8) is 0 Å². The van der Waals surface area contributed by atoms with Crippen molar-refractivity contribution in [2.24, 2.45) is 5.92 Å². The maximum atomic E-state index is 5.31. The van der Waals surface area contributed by atoms with Crippen LogP contribution in [0.15, 0.2) is 10.6 Å². The van der Waals surface area contributed by atoms with E-state index in [0.29, 0.717) is 12.0 Å². The van der Waals surface area contributed by atoms with Crippen LogP contribution in [0.4, 0.5) is 0 Å². The molecule has 0 radical (unpaired) electrons. The molecular weight excluding hydrogens is 200 g/mol. The summed E-state index contributed by atoms with van der Waals surface area (Å²) in [6.45, 7) is 5.23. The van der Waals surface area contributed by atoms with Crippen LogP contribution in [-0.2, 0) is 13.0 Å². The fourth-order valence-corrected chi connectivity index (χ4v) is 2.33. The second-order valence-corrected chi connectivity index (χ2v) is 5.24. The van der Waals surface area contributed by atoms with Crippen LogP contribution in [-0.4, -0.2) is 11.2 Å². The molecule has 2 rings (SSSR count). The Hall–Kier alpha value is -0.830. The van der Waals surface area contributed by atoms with E-state index in [1.165, 1.54) is 25.7 Å². The summed E-state index contributed by atoms with van der Waals surface area (Å²) >= 11 is 0. The molecule has 0 bridgehead atoms. The number of rotatable bonds is 5. The van der Waals surface area contributed by atoms with Crippen LogP contribution >= 0.6 is 0 Å². The van der Waals surface area contributed by atoms with Crippen LogP contribution in [0, 0.1) is 5.92 Å². The minimum absolute atomic E-state index is 0.640. The van der Waals surface area contributed by atoms with Gasteiger partial charge in [-0.3, -0.25) is 0 Å². The van der Waals surface area contributed by atoms with Crippen molar-refractivity contribution in [3.8, 4) is 0 Å². The zero-order valence-electron chi connectivity index (χ0n) is 10.3. The Bertz CT molecular complexity index is 313. The highest BCUT2D eigenvalue weighted by Gasteiger charge is 2.15. The monoisotopic (exact) mass is 222 g/mol. The molecule has 0 amide bonds. The highest BCUT2D eigenvalue weighted by atomic mass is 16.5. The van der Waals surface area contributed by atoms with Crippen LogP contribution in [0.1, 0.15) is 51.0 Å². The highest BCUT2D eigenvalue weighted by Crippen LogP contribution is 2.18. The van der Waals surface area contributed by atoms with Crippen molar-refractivity contribution >= 4 is 0 Å². The van der Waals surface area contributed by atoms with Crippen molar-refractivity contribution in [2.45, 2.75) is 58.5 Å². The summed E-state index contributed by atoms with van der Waals surface area (Å²) in [6.07, 6.45) is 6.37. The molecular formula is C13H22N2O. The van der Waals surface area contributed by atoms with Crippen molar-refractivity contribution in [1.29, 1.82) is 0 Å². The summed E-state index contributed by atoms with van der Waals surface area (Å²) in [5.74, 6) is 1.61. The largest absolute Gasteiger partial charge is 0.360 e. The molecule has 1 N–H and O–H groups in total. The van der Waals surface area contributed by atoms with E-state index in [-0.39, 0.29) is 0 Å². The van der Waals surface area contributed by atoms with E-state index in [0.717, 1.165) is 24.4 Å². The normalized spacial score (nSPS) is 17.4. The summed E-state index contributed by atoms with van der Waals surface area (Å²) in [5, 5.41) is 7.62. The molecule has 3 heteroatoms. The minimum atomic E-state index is 0.640. The predicted octanol–water partition coefficient (Wildman–Crippen LogP) is 2.91. The minimum Gasteiger partial charge on any atom is -0.360 e. The summed E-state index contributed by atoms with van der Waals surface area (Å²) in [5.41, 5.74) is 1.08. The molecule has 3 nitrogen and oxygen atoms in total. The standard InChI is InChI=1S/C13H22N2O/c1-10(2)7-12-8-13(16-15-12)9-14-11-5-3-4-6-11/h8,10-11,14H,3-7,9H2,1-2H3. The van der Waals surface area contributed by atoms with Crippen molar-refractivity contribution in [3.05, 3.63) is 17.5 Å². The van der Waals surface area contributed by atoms with E-state index in [1.807, 2.05) is 0 Å². The lowest BCUT2D eigenvalue weighted by Gasteiger charge is -2.08. The Morgan fingerprint density at radius 2 is 2.19 bits per heavy atom. The number of nitrogens with one attached hydrogen (secondary N) is 1. The van der Waals surface area contributed by atoms with Gasteiger partial charge in [-0.15, -0.1) is 0 Å². The fourth-order valence-electron chi connectivity index (χ4n) is 2.33. The van der Waals surface area contributed by atoms with Gasteiger partial charge in [0.25, 0.3) is 0 Å². The average Bonchev–Trinajstić information content (AvgIpc) is 2.84. The first-order chi connectivity index (χ1) is 7.74. The smallest absolute Gasteiger partial charge is 0.150 e. The van der Waals surface area contributed by atoms with Gasteiger partial charge in [-0.1, -0.05) is 31.8 Å². The quantitative estimate of drug-likeness (QED) is 0.832. The van der Waals surface area contributed by atoms with Gasteiger partial charge < -0.3 is 9.84 Å². The molecule has 1 aliphatic rings. The van der Waals surface area contributed by atoms with Crippen LogP contribution < -0.4 is 5.32 Å². The van der Waals surface area contributed by atoms with Crippen molar-refractivity contribution in [1.82, 2.24) is 10.5 Å². The Balaban J connectivity index is 1.78. The number of aromatic nitrogens is 1. The van der Waals surface area contributed by atoms with E-state index < -0.39 is 0 Å². The van der Waals surface area contributed by atoms with E-state index in [4.69, 9.17) is 4.52 Å². The van der Waals surface area contributed by atoms with Gasteiger partial charge in [0.2, 0.25) is 0 Å². The van der Waals surface area contributed by atoms with E-state index in [1.54, 1.807) is 0 Å². The molecule has 1 fully saturated rings. The third-order valence-corrected chi connectivity index (χ3v) is 3.15. The van der Waals surface area contributed by atoms with Gasteiger partial charge in [0, 0.05) is 12.1 Å². The molecule has 1 aliphatic carbocycles. The lowest BCUT2D eigenvalue weighted by atomic mass is 10.1. The molecule has 0 unspecified atom stereocenters. The van der Waals surface area contributed by atoms with Crippen molar-refractivity contribution < 1.29 is 4.52 Å². The first-order valence-electron chi connectivity index (χ1n) is 6.42. The first kappa shape index (κ1) is 11.6. The molecule has 0 spiro atoms. The lowest BCUT2D eigenvalue weighted by molar-refractivity contribution is 0.356. The number of hydrogen-bond acceptors (Lipinski definition) is 3. The molecule has 0 atom stereocenters. The molecule has 0 saturated heterocycles. The number of nitrogens with zero attached hydrogens (tertiary/aromatic N) is 1. The molecule has 0 aliphatic heterocycles. The van der Waals surface area contributed by atoms with E-state index in [9.17, 15) is 0 Å². The zero-order valence-corrected chi connectivity index (χ0v) is 10.3. The molecule has 1 saturated carbocycles. The molecule has 1 aromatic heterocycles. The predicted molar refractivity (Wildman–Crippen MR) is 64.1 cm³/mol. The van der Waals surface area contributed by atoms with Crippen LogP contribution in [0.25, 0.3) is 0 Å². The number of hydrogen-bond donors (Lipinski definition) is 1. The molecule has 1 aromatic rings. The van der Waals surface area contributed by atoms with Gasteiger partial charge in [-0.25, -0.2) is 0 Å². The zero-order chi connectivity index (χ0) is 11.4. The Morgan fingerprint density at radius 3 is 2.88 bits per heavy atom. The summed E-state index contributed by atoms with van der Waals surface area (Å²) in [4.78, 5) is 0. The maximum absolute atomic E-state index is 5.31. The van der Waals surface area contributed by atoms with Gasteiger partial charge in [-0.05, 0) is 25.2 Å². The summed E-state index contributed by atoms with van der Waals surface area (Å²) in [7, 11) is 0. The Kier molecular flexibility index (Phi) is 3.99. The van der Waals surface area contributed by atoms with E-state index >= 15 is 0 Å². The van der Waals surface area contributed by atoms with Crippen LogP contribution in [0.5, 0.6) is 0 Å². The van der Waals surface area contributed by atoms with Crippen LogP contribution in [0.3, 0.4) is 0 Å². The molecule has 1 heterocycles. The van der Waals surface area contributed by atoms with Gasteiger partial charge in [0.1, 0.15) is 0 Å². The maximum Gasteiger partial charge on any atom is 0.150 e. The van der Waals surface area contributed by atoms with E-state index in [2.05, 4.69) is 30.4 Å². The van der Waals surface area contributed by atoms with Gasteiger partial charge >= 0.3 is 0 Å². The van der Waals surface area contributed by atoms with Gasteiger partial charge in [-0.2, -0.15) is 0 Å². The van der Waals surface area contributed by atoms with Gasteiger partial charge in [0.05, 0.1) is 12.2 Å². The second kappa shape index (κ2) is 5.48. The average molecular weight is 222 g/mol. The molecule has 16 heavy (non-hydrogen) atoms. The first-order valence-corrected chi connectivity index (χ1v) is 6.42. The molecule has 90 valence electrons. The Labute approximate surface area is 97.6 Å². The fraction of sp³-hybridized carbons (Fsp3) is 0.769. The third kappa shape index (κ3) is 3.34. The second-order valence-electron chi connectivity index (χ2n) is 5.24. The van der Waals surface area contributed by atoms with Crippen LogP contribution in [0.2, 0.25) is 0 Å². The Morgan fingerprint density at radius 1 is 1.44 bits per heavy atom. The van der Waals surface area contributed by atoms with Gasteiger partial charge in [0.15, 0.2) is 5.76 Å². The third-order valence-electron chi connectivity index (χ3n) is 3.15.